The van der Waals surface area contributed by atoms with Gasteiger partial charge >= 0.3 is 12.0 Å². The maximum Gasteiger partial charge on any atom is 0.321 e. The first-order valence-electron chi connectivity index (χ1n) is 7.95. The highest BCUT2D eigenvalue weighted by molar-refractivity contribution is 9.10. The Kier molecular flexibility index (Phi) is 6.99. The van der Waals surface area contributed by atoms with Crippen LogP contribution in [0.1, 0.15) is 25.8 Å². The molecule has 0 aliphatic heterocycles. The minimum atomic E-state index is -0.959. The number of hydrogen-bond acceptors (Lipinski definition) is 4. The summed E-state index contributed by atoms with van der Waals surface area (Å²) in [6, 6.07) is 10.3. The second kappa shape index (κ2) is 9.00. The molecule has 1 aromatic heterocycles. The molecule has 2 aromatic rings. The number of carbonyl (C=O) groups is 2. The number of aromatic nitrogens is 1. The lowest BCUT2D eigenvalue weighted by atomic mass is 9.88. The molecule has 1 unspecified atom stereocenters. The lowest BCUT2D eigenvalue weighted by molar-refractivity contribution is -0.144. The molecule has 2 rings (SSSR count). The Morgan fingerprint density at radius 2 is 2.00 bits per heavy atom. The molecule has 2 N–H and O–H groups in total. The van der Waals surface area contributed by atoms with Crippen LogP contribution >= 0.6 is 27.5 Å². The van der Waals surface area contributed by atoms with Crippen LogP contribution in [0, 0.1) is 0 Å². The van der Waals surface area contributed by atoms with Crippen LogP contribution in [-0.4, -0.2) is 23.6 Å². The van der Waals surface area contributed by atoms with Gasteiger partial charge in [0.2, 0.25) is 0 Å². The Bertz CT molecular complexity index is 789. The molecule has 138 valence electrons. The molecule has 6 nitrogen and oxygen atoms in total. The first-order chi connectivity index (χ1) is 12.3. The Balaban J connectivity index is 2.20. The first-order valence-corrected chi connectivity index (χ1v) is 9.12. The molecule has 0 saturated heterocycles. The van der Waals surface area contributed by atoms with E-state index >= 15 is 0 Å². The van der Waals surface area contributed by atoms with Gasteiger partial charge < -0.3 is 10.1 Å². The molecular formula is C18H19BrClN3O3. The van der Waals surface area contributed by atoms with Gasteiger partial charge in [0.05, 0.1) is 23.6 Å². The molecule has 0 aliphatic carbocycles. The topological polar surface area (TPSA) is 80.3 Å². The number of nitrogens with zero attached hydrogens (tertiary/aromatic N) is 1. The predicted octanol–water partition coefficient (Wildman–Crippen LogP) is 4.49. The third-order valence-electron chi connectivity index (χ3n) is 3.64. The van der Waals surface area contributed by atoms with Crippen LogP contribution in [-0.2, 0) is 15.1 Å². The Hall–Kier alpha value is -2.12. The first kappa shape index (κ1) is 20.2. The van der Waals surface area contributed by atoms with Crippen molar-refractivity contribution in [2.75, 3.05) is 11.9 Å². The minimum absolute atomic E-state index is 0.0141. The number of urea groups is 1. The van der Waals surface area contributed by atoms with Gasteiger partial charge in [-0.25, -0.2) is 9.78 Å². The normalized spacial score (nSPS) is 12.8. The molecule has 0 bridgehead atoms. The van der Waals surface area contributed by atoms with E-state index in [4.69, 9.17) is 16.3 Å². The second-order valence-corrected chi connectivity index (χ2v) is 7.07. The van der Waals surface area contributed by atoms with E-state index in [0.717, 1.165) is 5.56 Å². The largest absolute Gasteiger partial charge is 0.466 e. The highest BCUT2D eigenvalue weighted by Gasteiger charge is 2.32. The number of halogens is 2. The maximum absolute atomic E-state index is 12.5. The monoisotopic (exact) mass is 439 g/mol. The molecule has 0 aliphatic rings. The van der Waals surface area contributed by atoms with Gasteiger partial charge in [-0.05, 0) is 41.4 Å². The number of amides is 2. The zero-order valence-electron chi connectivity index (χ0n) is 14.4. The van der Waals surface area contributed by atoms with E-state index in [1.54, 1.807) is 19.9 Å². The summed E-state index contributed by atoms with van der Waals surface area (Å²) in [4.78, 5) is 28.6. The van der Waals surface area contributed by atoms with Gasteiger partial charge in [-0.3, -0.25) is 10.1 Å². The van der Waals surface area contributed by atoms with Crippen LogP contribution in [0.15, 0.2) is 47.1 Å². The van der Waals surface area contributed by atoms with Crippen molar-refractivity contribution in [3.8, 4) is 0 Å². The summed E-state index contributed by atoms with van der Waals surface area (Å²) in [7, 11) is 0. The van der Waals surface area contributed by atoms with E-state index in [9.17, 15) is 9.59 Å². The van der Waals surface area contributed by atoms with Gasteiger partial charge in [-0.1, -0.05) is 41.9 Å². The quantitative estimate of drug-likeness (QED) is 0.649. The highest BCUT2D eigenvalue weighted by atomic mass is 79.9. The van der Waals surface area contributed by atoms with Gasteiger partial charge in [0.15, 0.2) is 5.82 Å². The third-order valence-corrected chi connectivity index (χ3v) is 4.37. The maximum atomic E-state index is 12.5. The van der Waals surface area contributed by atoms with Gasteiger partial charge in [0.1, 0.15) is 0 Å². The number of esters is 1. The fraction of sp³-hybridized carbons (Fsp3) is 0.278. The van der Waals surface area contributed by atoms with Crippen LogP contribution in [0.25, 0.3) is 0 Å². The predicted molar refractivity (Wildman–Crippen MR) is 104 cm³/mol. The number of hydrogen-bond donors (Lipinski definition) is 2. The molecule has 0 fully saturated rings. The average molecular weight is 441 g/mol. The molecule has 1 aromatic carbocycles. The molecule has 0 saturated carbocycles. The highest BCUT2D eigenvalue weighted by Crippen LogP contribution is 2.26. The van der Waals surface area contributed by atoms with E-state index in [1.165, 1.54) is 6.20 Å². The molecule has 1 atom stereocenters. The van der Waals surface area contributed by atoms with E-state index < -0.39 is 17.5 Å². The average Bonchev–Trinajstić information content (AvgIpc) is 2.58. The molecule has 0 radical (unpaired) electrons. The van der Waals surface area contributed by atoms with E-state index in [-0.39, 0.29) is 18.8 Å². The summed E-state index contributed by atoms with van der Waals surface area (Å²) >= 11 is 9.34. The fourth-order valence-electron chi connectivity index (χ4n) is 2.42. The summed E-state index contributed by atoms with van der Waals surface area (Å²) in [6.45, 7) is 3.77. The van der Waals surface area contributed by atoms with E-state index in [2.05, 4.69) is 31.5 Å². The molecule has 8 heteroatoms. The summed E-state index contributed by atoms with van der Waals surface area (Å²) in [5, 5.41) is 5.72. The van der Waals surface area contributed by atoms with Crippen molar-refractivity contribution in [1.82, 2.24) is 10.3 Å². The Morgan fingerprint density at radius 1 is 1.31 bits per heavy atom. The molecule has 2 amide bonds. The van der Waals surface area contributed by atoms with Crippen molar-refractivity contribution in [1.29, 1.82) is 0 Å². The standard InChI is InChI=1S/C18H19BrClN3O3/c1-3-26-15(24)10-18(2,12-7-5-4-6-8-12)23-17(25)22-16-14(20)9-13(19)11-21-16/h4-9,11H,3,10H2,1-2H3,(H2,21,22,23,25). The van der Waals surface area contributed by atoms with Gasteiger partial charge in [-0.15, -0.1) is 0 Å². The minimum Gasteiger partial charge on any atom is -0.466 e. The lowest BCUT2D eigenvalue weighted by Gasteiger charge is -2.30. The molecule has 26 heavy (non-hydrogen) atoms. The SMILES string of the molecule is CCOC(=O)CC(C)(NC(=O)Nc1ncc(Br)cc1Cl)c1ccccc1. The summed E-state index contributed by atoms with van der Waals surface area (Å²) in [5.74, 6) is -0.183. The third kappa shape index (κ3) is 5.44. The number of benzene rings is 1. The number of pyridine rings is 1. The van der Waals surface area contributed by atoms with Crippen molar-refractivity contribution in [3.05, 3.63) is 57.7 Å². The number of rotatable bonds is 6. The number of carbonyl (C=O) groups excluding carboxylic acids is 2. The van der Waals surface area contributed by atoms with Crippen molar-refractivity contribution in [2.24, 2.45) is 0 Å². The zero-order valence-corrected chi connectivity index (χ0v) is 16.7. The summed E-state index contributed by atoms with van der Waals surface area (Å²) in [5.41, 5.74) is -0.183. The van der Waals surface area contributed by atoms with Crippen LogP contribution in [0.5, 0.6) is 0 Å². The fourth-order valence-corrected chi connectivity index (χ4v) is 3.10. The number of nitrogens with one attached hydrogen (secondary N) is 2. The number of ether oxygens (including phenoxy) is 1. The van der Waals surface area contributed by atoms with Gasteiger partial charge in [-0.2, -0.15) is 0 Å². The summed E-state index contributed by atoms with van der Waals surface area (Å²) in [6.07, 6.45) is 1.51. The Labute approximate surface area is 165 Å². The van der Waals surface area contributed by atoms with Crippen LogP contribution in [0.4, 0.5) is 10.6 Å². The van der Waals surface area contributed by atoms with Gasteiger partial charge in [0, 0.05) is 10.7 Å². The molecular weight excluding hydrogens is 422 g/mol. The zero-order chi connectivity index (χ0) is 19.2. The van der Waals surface area contributed by atoms with Crippen molar-refractivity contribution < 1.29 is 14.3 Å². The molecule has 1 heterocycles. The smallest absolute Gasteiger partial charge is 0.321 e. The van der Waals surface area contributed by atoms with E-state index in [0.29, 0.717) is 9.50 Å². The van der Waals surface area contributed by atoms with Crippen molar-refractivity contribution >= 4 is 45.3 Å². The molecule has 0 spiro atoms. The van der Waals surface area contributed by atoms with Crippen molar-refractivity contribution in [3.63, 3.8) is 0 Å². The summed E-state index contributed by atoms with van der Waals surface area (Å²) < 4.78 is 5.74. The van der Waals surface area contributed by atoms with Crippen molar-refractivity contribution in [2.45, 2.75) is 25.8 Å². The van der Waals surface area contributed by atoms with Gasteiger partial charge in [0.25, 0.3) is 0 Å². The van der Waals surface area contributed by atoms with Crippen LogP contribution in [0.2, 0.25) is 5.02 Å². The lowest BCUT2D eigenvalue weighted by Crippen LogP contribution is -2.47. The van der Waals surface area contributed by atoms with Crippen LogP contribution < -0.4 is 10.6 Å². The Morgan fingerprint density at radius 3 is 2.62 bits per heavy atom. The van der Waals surface area contributed by atoms with Crippen LogP contribution in [0.3, 0.4) is 0 Å². The van der Waals surface area contributed by atoms with E-state index in [1.807, 2.05) is 30.3 Å². The second-order valence-electron chi connectivity index (χ2n) is 5.74. The number of anilines is 1.